The number of methoxy groups -OCH3 is 1. The number of benzene rings is 1. The van der Waals surface area contributed by atoms with Crippen molar-refractivity contribution < 1.29 is 29.2 Å². The van der Waals surface area contributed by atoms with E-state index in [-0.39, 0.29) is 18.1 Å². The van der Waals surface area contributed by atoms with Crippen molar-refractivity contribution in [2.24, 2.45) is 0 Å². The Balaban J connectivity index is 2.12. The van der Waals surface area contributed by atoms with E-state index in [9.17, 15) is 9.90 Å². The van der Waals surface area contributed by atoms with Crippen LogP contribution in [-0.4, -0.2) is 42.1 Å². The summed E-state index contributed by atoms with van der Waals surface area (Å²) in [5, 5.41) is 18.5. The summed E-state index contributed by atoms with van der Waals surface area (Å²) in [5.74, 6) is -0.698. The second-order valence-corrected chi connectivity index (χ2v) is 4.25. The highest BCUT2D eigenvalue weighted by molar-refractivity contribution is 5.89. The Morgan fingerprint density at radius 2 is 2.05 bits per heavy atom. The number of hydrogen-bond acceptors (Lipinski definition) is 6. The third kappa shape index (κ3) is 2.92. The van der Waals surface area contributed by atoms with Gasteiger partial charge in [-0.15, -0.1) is 0 Å². The van der Waals surface area contributed by atoms with Gasteiger partial charge in [0.2, 0.25) is 5.76 Å². The maximum atomic E-state index is 11.7. The molecule has 1 aliphatic rings. The van der Waals surface area contributed by atoms with Crippen LogP contribution in [0, 0.1) is 0 Å². The molecule has 2 N–H and O–H groups in total. The van der Waals surface area contributed by atoms with Crippen molar-refractivity contribution in [2.75, 3.05) is 13.7 Å². The first-order valence-corrected chi connectivity index (χ1v) is 6.12. The first-order valence-electron chi connectivity index (χ1n) is 6.12. The fourth-order valence-electron chi connectivity index (χ4n) is 1.87. The average Bonchev–Trinajstić information content (AvgIpc) is 2.81. The first kappa shape index (κ1) is 14.4. The molecule has 1 aromatic rings. The molecule has 0 radical (unpaired) electrons. The Morgan fingerprint density at radius 1 is 1.35 bits per heavy atom. The monoisotopic (exact) mass is 280 g/mol. The van der Waals surface area contributed by atoms with Crippen molar-refractivity contribution in [1.82, 2.24) is 0 Å². The molecule has 2 rings (SSSR count). The van der Waals surface area contributed by atoms with E-state index in [0.29, 0.717) is 0 Å². The molecule has 0 bridgehead atoms. The van der Waals surface area contributed by atoms with E-state index in [1.54, 1.807) is 0 Å². The Morgan fingerprint density at radius 3 is 2.65 bits per heavy atom. The molecule has 0 aromatic heterocycles. The molecule has 20 heavy (non-hydrogen) atoms. The Labute approximate surface area is 116 Å². The van der Waals surface area contributed by atoms with E-state index in [0.717, 1.165) is 5.56 Å². The van der Waals surface area contributed by atoms with E-state index < -0.39 is 24.8 Å². The number of esters is 1. The molecule has 0 aliphatic carbocycles. The topological polar surface area (TPSA) is 85.2 Å². The molecule has 1 aliphatic heterocycles. The molecule has 6 heteroatoms. The van der Waals surface area contributed by atoms with Crippen LogP contribution in [0.1, 0.15) is 5.56 Å². The van der Waals surface area contributed by atoms with E-state index in [1.807, 2.05) is 30.3 Å². The summed E-state index contributed by atoms with van der Waals surface area (Å²) in [4.78, 5) is 11.7. The van der Waals surface area contributed by atoms with E-state index in [2.05, 4.69) is 0 Å². The summed E-state index contributed by atoms with van der Waals surface area (Å²) >= 11 is 0. The van der Waals surface area contributed by atoms with Crippen LogP contribution in [0.3, 0.4) is 0 Å². The SMILES string of the molecule is COC1=C(OCc2ccccc2)C(=O)O[C@H]1[C@H](O)CO. The predicted octanol–water partition coefficient (Wildman–Crippen LogP) is 0.340. The van der Waals surface area contributed by atoms with Gasteiger partial charge in [0.25, 0.3) is 0 Å². The Kier molecular flexibility index (Phi) is 4.60. The van der Waals surface area contributed by atoms with Crippen LogP contribution < -0.4 is 0 Å². The summed E-state index contributed by atoms with van der Waals surface area (Å²) in [6.07, 6.45) is -2.28. The van der Waals surface area contributed by atoms with Gasteiger partial charge in [-0.2, -0.15) is 0 Å². The second kappa shape index (κ2) is 6.40. The highest BCUT2D eigenvalue weighted by Gasteiger charge is 2.41. The first-order chi connectivity index (χ1) is 9.67. The van der Waals surface area contributed by atoms with E-state index in [4.69, 9.17) is 19.3 Å². The third-order valence-corrected chi connectivity index (χ3v) is 2.88. The van der Waals surface area contributed by atoms with Crippen LogP contribution in [0.2, 0.25) is 0 Å². The van der Waals surface area contributed by atoms with Crippen LogP contribution in [-0.2, 0) is 25.6 Å². The van der Waals surface area contributed by atoms with E-state index >= 15 is 0 Å². The van der Waals surface area contributed by atoms with Crippen molar-refractivity contribution in [3.8, 4) is 0 Å². The van der Waals surface area contributed by atoms with Crippen molar-refractivity contribution >= 4 is 5.97 Å². The molecule has 1 aromatic carbocycles. The maximum absolute atomic E-state index is 11.7. The number of rotatable bonds is 6. The van der Waals surface area contributed by atoms with Gasteiger partial charge in [0.1, 0.15) is 12.7 Å². The molecule has 108 valence electrons. The molecular formula is C14H16O6. The number of aliphatic hydroxyl groups is 2. The number of ether oxygens (including phenoxy) is 3. The Hall–Kier alpha value is -2.05. The minimum atomic E-state index is -1.24. The van der Waals surface area contributed by atoms with Gasteiger partial charge in [-0.1, -0.05) is 30.3 Å². The molecule has 0 saturated heterocycles. The normalized spacial score (nSPS) is 19.8. The lowest BCUT2D eigenvalue weighted by molar-refractivity contribution is -0.148. The molecule has 1 heterocycles. The zero-order chi connectivity index (χ0) is 14.5. The van der Waals surface area contributed by atoms with Gasteiger partial charge in [-0.25, -0.2) is 4.79 Å². The van der Waals surface area contributed by atoms with Crippen LogP contribution >= 0.6 is 0 Å². The molecule has 0 unspecified atom stereocenters. The lowest BCUT2D eigenvalue weighted by Gasteiger charge is -2.16. The summed E-state index contributed by atoms with van der Waals surface area (Å²) in [6.45, 7) is -0.364. The summed E-state index contributed by atoms with van der Waals surface area (Å²) in [6, 6.07) is 9.30. The number of carbonyl (C=O) groups is 1. The van der Waals surface area contributed by atoms with Gasteiger partial charge >= 0.3 is 5.97 Å². The summed E-state index contributed by atoms with van der Waals surface area (Å²) < 4.78 is 15.4. The minimum absolute atomic E-state index is 0.0751. The minimum Gasteiger partial charge on any atom is -0.493 e. The van der Waals surface area contributed by atoms with E-state index in [1.165, 1.54) is 7.11 Å². The maximum Gasteiger partial charge on any atom is 0.378 e. The molecule has 0 amide bonds. The summed E-state index contributed by atoms with van der Waals surface area (Å²) in [7, 11) is 1.35. The van der Waals surface area contributed by atoms with Crippen molar-refractivity contribution in [3.05, 3.63) is 47.4 Å². The van der Waals surface area contributed by atoms with Crippen LogP contribution in [0.25, 0.3) is 0 Å². The predicted molar refractivity (Wildman–Crippen MR) is 68.2 cm³/mol. The quantitative estimate of drug-likeness (QED) is 0.731. The zero-order valence-corrected chi connectivity index (χ0v) is 11.0. The van der Waals surface area contributed by atoms with Gasteiger partial charge in [0.05, 0.1) is 13.7 Å². The fraction of sp³-hybridized carbons (Fsp3) is 0.357. The molecule has 0 fully saturated rings. The second-order valence-electron chi connectivity index (χ2n) is 4.25. The van der Waals surface area contributed by atoms with Crippen LogP contribution in [0.4, 0.5) is 0 Å². The molecular weight excluding hydrogens is 264 g/mol. The van der Waals surface area contributed by atoms with Gasteiger partial charge in [-0.05, 0) is 5.56 Å². The lowest BCUT2D eigenvalue weighted by atomic mass is 10.2. The zero-order valence-electron chi connectivity index (χ0n) is 11.0. The number of aliphatic hydroxyl groups excluding tert-OH is 2. The smallest absolute Gasteiger partial charge is 0.378 e. The van der Waals surface area contributed by atoms with Crippen molar-refractivity contribution in [1.29, 1.82) is 0 Å². The number of cyclic esters (lactones) is 1. The van der Waals surface area contributed by atoms with Gasteiger partial charge in [0.15, 0.2) is 11.9 Å². The Bertz CT molecular complexity index is 496. The standard InChI is InChI=1S/C14H16O6/c1-18-12-11(10(16)7-15)20-14(17)13(12)19-8-9-5-3-2-4-6-9/h2-6,10-11,15-16H,7-8H2,1H3/t10-,11+/m1/s1. The van der Waals surface area contributed by atoms with Crippen LogP contribution in [0.5, 0.6) is 0 Å². The van der Waals surface area contributed by atoms with Crippen molar-refractivity contribution in [3.63, 3.8) is 0 Å². The largest absolute Gasteiger partial charge is 0.493 e. The van der Waals surface area contributed by atoms with Crippen LogP contribution in [0.15, 0.2) is 41.9 Å². The average molecular weight is 280 g/mol. The van der Waals surface area contributed by atoms with Gasteiger partial charge < -0.3 is 24.4 Å². The summed E-state index contributed by atoms with van der Waals surface area (Å²) in [5.41, 5.74) is 0.884. The molecule has 0 saturated carbocycles. The highest BCUT2D eigenvalue weighted by atomic mass is 16.6. The van der Waals surface area contributed by atoms with Gasteiger partial charge in [-0.3, -0.25) is 0 Å². The number of hydrogen-bond donors (Lipinski definition) is 2. The van der Waals surface area contributed by atoms with Gasteiger partial charge in [0, 0.05) is 0 Å². The molecule has 2 atom stereocenters. The lowest BCUT2D eigenvalue weighted by Crippen LogP contribution is -2.32. The molecule has 6 nitrogen and oxygen atoms in total. The highest BCUT2D eigenvalue weighted by Crippen LogP contribution is 2.27. The fourth-order valence-corrected chi connectivity index (χ4v) is 1.87. The number of carbonyl (C=O) groups excluding carboxylic acids is 1. The van der Waals surface area contributed by atoms with Crippen molar-refractivity contribution in [2.45, 2.75) is 18.8 Å². The molecule has 0 spiro atoms. The third-order valence-electron chi connectivity index (χ3n) is 2.88.